The van der Waals surface area contributed by atoms with Gasteiger partial charge in [-0.05, 0) is 24.6 Å². The van der Waals surface area contributed by atoms with Gasteiger partial charge in [-0.3, -0.25) is 9.59 Å². The summed E-state index contributed by atoms with van der Waals surface area (Å²) in [5.41, 5.74) is 2.15. The van der Waals surface area contributed by atoms with Crippen LogP contribution >= 0.6 is 0 Å². The zero-order valence-corrected chi connectivity index (χ0v) is 16.6. The maximum absolute atomic E-state index is 12.8. The standard InChI is InChI=1S/C23H23NO5/c1-5-12-24-20(16-10-11-17(28-3)18(13-16)29-4)19(22(26)23(24)27)21(25)15-8-6-14(2)7-9-15/h5-11,13,20,25H,1,12H2,2-4H3/b21-19+/t20-/m0/s1. The summed E-state index contributed by atoms with van der Waals surface area (Å²) in [6, 6.07) is 11.5. The van der Waals surface area contributed by atoms with E-state index in [1.807, 2.05) is 19.1 Å². The monoisotopic (exact) mass is 393 g/mol. The van der Waals surface area contributed by atoms with Crippen LogP contribution in [0.1, 0.15) is 22.7 Å². The van der Waals surface area contributed by atoms with Gasteiger partial charge in [-0.2, -0.15) is 0 Å². The number of ketones is 1. The molecule has 2 aromatic rings. The van der Waals surface area contributed by atoms with Gasteiger partial charge in [-0.25, -0.2) is 0 Å². The van der Waals surface area contributed by atoms with Crippen molar-refractivity contribution in [3.63, 3.8) is 0 Å². The average Bonchev–Trinajstić information content (AvgIpc) is 2.98. The Labute approximate surface area is 169 Å². The molecular formula is C23H23NO5. The summed E-state index contributed by atoms with van der Waals surface area (Å²) >= 11 is 0. The smallest absolute Gasteiger partial charge is 0.295 e. The number of ether oxygens (including phenoxy) is 2. The molecule has 0 aromatic heterocycles. The molecule has 1 atom stereocenters. The third-order valence-corrected chi connectivity index (χ3v) is 4.91. The van der Waals surface area contributed by atoms with Crippen molar-refractivity contribution in [2.75, 3.05) is 20.8 Å². The summed E-state index contributed by atoms with van der Waals surface area (Å²) in [5.74, 6) is -0.641. The summed E-state index contributed by atoms with van der Waals surface area (Å²) in [7, 11) is 3.04. The third-order valence-electron chi connectivity index (χ3n) is 4.91. The van der Waals surface area contributed by atoms with E-state index in [9.17, 15) is 14.7 Å². The molecule has 1 N–H and O–H groups in total. The first-order chi connectivity index (χ1) is 13.9. The molecular weight excluding hydrogens is 370 g/mol. The van der Waals surface area contributed by atoms with Crippen LogP contribution in [0, 0.1) is 6.92 Å². The van der Waals surface area contributed by atoms with Gasteiger partial charge in [-0.15, -0.1) is 6.58 Å². The number of amides is 1. The van der Waals surface area contributed by atoms with E-state index in [2.05, 4.69) is 6.58 Å². The van der Waals surface area contributed by atoms with E-state index in [0.29, 0.717) is 22.6 Å². The van der Waals surface area contributed by atoms with Gasteiger partial charge < -0.3 is 19.5 Å². The number of carbonyl (C=O) groups excluding carboxylic acids is 2. The van der Waals surface area contributed by atoms with Gasteiger partial charge in [0.15, 0.2) is 11.5 Å². The van der Waals surface area contributed by atoms with Crippen molar-refractivity contribution in [1.29, 1.82) is 0 Å². The highest BCUT2D eigenvalue weighted by atomic mass is 16.5. The number of nitrogens with zero attached hydrogens (tertiary/aromatic N) is 1. The molecule has 2 aromatic carbocycles. The molecule has 0 aliphatic carbocycles. The molecule has 1 amide bonds. The van der Waals surface area contributed by atoms with Crippen LogP contribution in [0.5, 0.6) is 11.5 Å². The number of likely N-dealkylation sites (tertiary alicyclic amines) is 1. The number of carbonyl (C=O) groups is 2. The number of rotatable bonds is 6. The van der Waals surface area contributed by atoms with Gasteiger partial charge in [-0.1, -0.05) is 42.0 Å². The van der Waals surface area contributed by atoms with E-state index in [0.717, 1.165) is 5.56 Å². The van der Waals surface area contributed by atoms with Crippen molar-refractivity contribution in [2.24, 2.45) is 0 Å². The average molecular weight is 393 g/mol. The summed E-state index contributed by atoms with van der Waals surface area (Å²) < 4.78 is 10.6. The Bertz CT molecular complexity index is 991. The maximum Gasteiger partial charge on any atom is 0.295 e. The van der Waals surface area contributed by atoms with Gasteiger partial charge in [0.25, 0.3) is 11.7 Å². The fourth-order valence-electron chi connectivity index (χ4n) is 3.44. The van der Waals surface area contributed by atoms with E-state index in [-0.39, 0.29) is 17.9 Å². The predicted molar refractivity (Wildman–Crippen MR) is 110 cm³/mol. The van der Waals surface area contributed by atoms with Crippen LogP contribution in [-0.4, -0.2) is 42.5 Å². The summed E-state index contributed by atoms with van der Waals surface area (Å²) in [6.45, 7) is 5.77. The van der Waals surface area contributed by atoms with Crippen LogP contribution in [0.4, 0.5) is 0 Å². The fourth-order valence-corrected chi connectivity index (χ4v) is 3.44. The number of Topliss-reactive ketones (excluding diaryl/α,β-unsaturated/α-hetero) is 1. The lowest BCUT2D eigenvalue weighted by molar-refractivity contribution is -0.139. The number of benzene rings is 2. The zero-order chi connectivity index (χ0) is 21.1. The molecule has 6 heteroatoms. The fraction of sp³-hybridized carbons (Fsp3) is 0.217. The van der Waals surface area contributed by atoms with Crippen molar-refractivity contribution in [3.05, 3.63) is 77.4 Å². The Hall–Kier alpha value is -3.54. The van der Waals surface area contributed by atoms with Gasteiger partial charge in [0.1, 0.15) is 5.76 Å². The molecule has 0 radical (unpaired) electrons. The van der Waals surface area contributed by atoms with E-state index in [4.69, 9.17) is 9.47 Å². The summed E-state index contributed by atoms with van der Waals surface area (Å²) in [4.78, 5) is 26.9. The highest BCUT2D eigenvalue weighted by Gasteiger charge is 2.45. The summed E-state index contributed by atoms with van der Waals surface area (Å²) in [6.07, 6.45) is 1.55. The molecule has 6 nitrogen and oxygen atoms in total. The Kier molecular flexibility index (Phi) is 5.73. The molecule has 29 heavy (non-hydrogen) atoms. The Morgan fingerprint density at radius 1 is 1.10 bits per heavy atom. The molecule has 1 saturated heterocycles. The molecule has 0 bridgehead atoms. The molecule has 1 aliphatic rings. The van der Waals surface area contributed by atoms with Crippen molar-refractivity contribution >= 4 is 17.4 Å². The maximum atomic E-state index is 12.8. The van der Waals surface area contributed by atoms with Crippen LogP contribution in [0.3, 0.4) is 0 Å². The Morgan fingerprint density at radius 2 is 1.76 bits per heavy atom. The van der Waals surface area contributed by atoms with Gasteiger partial charge in [0.2, 0.25) is 0 Å². The minimum atomic E-state index is -0.769. The number of methoxy groups -OCH3 is 2. The highest BCUT2D eigenvalue weighted by molar-refractivity contribution is 6.46. The number of aliphatic hydroxyl groups excluding tert-OH is 1. The first-order valence-corrected chi connectivity index (χ1v) is 9.11. The van der Waals surface area contributed by atoms with Crippen LogP contribution in [0.15, 0.2) is 60.7 Å². The van der Waals surface area contributed by atoms with Crippen LogP contribution < -0.4 is 9.47 Å². The number of aliphatic hydroxyl groups is 1. The first-order valence-electron chi connectivity index (χ1n) is 9.11. The van der Waals surface area contributed by atoms with Crippen LogP contribution in [-0.2, 0) is 9.59 Å². The normalized spacial score (nSPS) is 18.0. The molecule has 1 heterocycles. The lowest BCUT2D eigenvalue weighted by atomic mass is 9.94. The molecule has 0 spiro atoms. The number of hydrogen-bond acceptors (Lipinski definition) is 5. The third kappa shape index (κ3) is 3.61. The number of hydrogen-bond donors (Lipinski definition) is 1. The molecule has 150 valence electrons. The highest BCUT2D eigenvalue weighted by Crippen LogP contribution is 2.41. The lowest BCUT2D eigenvalue weighted by Crippen LogP contribution is -2.29. The number of aryl methyl sites for hydroxylation is 1. The van der Waals surface area contributed by atoms with Crippen molar-refractivity contribution in [1.82, 2.24) is 4.90 Å². The Morgan fingerprint density at radius 3 is 2.34 bits per heavy atom. The van der Waals surface area contributed by atoms with Gasteiger partial charge in [0.05, 0.1) is 25.8 Å². The first kappa shape index (κ1) is 20.2. The lowest BCUT2D eigenvalue weighted by Gasteiger charge is -2.24. The minimum Gasteiger partial charge on any atom is -0.507 e. The van der Waals surface area contributed by atoms with Crippen LogP contribution in [0.25, 0.3) is 5.76 Å². The largest absolute Gasteiger partial charge is 0.507 e. The van der Waals surface area contributed by atoms with E-state index >= 15 is 0 Å². The van der Waals surface area contributed by atoms with E-state index in [1.165, 1.54) is 19.1 Å². The molecule has 0 unspecified atom stereocenters. The second kappa shape index (κ2) is 8.22. The van der Waals surface area contributed by atoms with Crippen LogP contribution in [0.2, 0.25) is 0 Å². The summed E-state index contributed by atoms with van der Waals surface area (Å²) in [5, 5.41) is 10.9. The van der Waals surface area contributed by atoms with Gasteiger partial charge >= 0.3 is 0 Å². The SMILES string of the molecule is C=CCN1C(=O)C(=O)/C(=C(/O)c2ccc(C)cc2)[C@@H]1c1ccc(OC)c(OC)c1. The molecule has 1 aliphatic heterocycles. The molecule has 1 fully saturated rings. The minimum absolute atomic E-state index is 0.0351. The Balaban J connectivity index is 2.21. The quantitative estimate of drug-likeness (QED) is 0.351. The van der Waals surface area contributed by atoms with Gasteiger partial charge in [0, 0.05) is 12.1 Å². The molecule has 0 saturated carbocycles. The van der Waals surface area contributed by atoms with Crippen molar-refractivity contribution in [3.8, 4) is 11.5 Å². The predicted octanol–water partition coefficient (Wildman–Crippen LogP) is 3.62. The second-order valence-electron chi connectivity index (χ2n) is 6.72. The topological polar surface area (TPSA) is 76.1 Å². The molecule has 3 rings (SSSR count). The second-order valence-corrected chi connectivity index (χ2v) is 6.72. The van der Waals surface area contributed by atoms with Crippen molar-refractivity contribution < 1.29 is 24.2 Å². The zero-order valence-electron chi connectivity index (χ0n) is 16.6. The van der Waals surface area contributed by atoms with E-state index in [1.54, 1.807) is 36.4 Å². The van der Waals surface area contributed by atoms with Crippen molar-refractivity contribution in [2.45, 2.75) is 13.0 Å². The van der Waals surface area contributed by atoms with E-state index < -0.39 is 17.7 Å².